The maximum absolute atomic E-state index is 13.1. The molecular formula is C13H13ClFNO2S. The Morgan fingerprint density at radius 3 is 3.00 bits per heavy atom. The van der Waals surface area contributed by atoms with Crippen molar-refractivity contribution in [3.05, 3.63) is 33.9 Å². The molecule has 1 amide bonds. The van der Waals surface area contributed by atoms with Crippen LogP contribution in [0, 0.1) is 5.82 Å². The lowest BCUT2D eigenvalue weighted by Gasteiger charge is -2.08. The summed E-state index contributed by atoms with van der Waals surface area (Å²) < 4.78 is 13.7. The molecule has 1 atom stereocenters. The number of aliphatic hydroxyl groups is 1. The molecule has 3 nitrogen and oxygen atoms in total. The van der Waals surface area contributed by atoms with Gasteiger partial charge in [-0.1, -0.05) is 18.5 Å². The van der Waals surface area contributed by atoms with Crippen molar-refractivity contribution in [1.29, 1.82) is 0 Å². The monoisotopic (exact) mass is 301 g/mol. The number of rotatable bonds is 4. The van der Waals surface area contributed by atoms with Crippen molar-refractivity contribution >= 4 is 38.9 Å². The average Bonchev–Trinajstić information content (AvgIpc) is 2.72. The van der Waals surface area contributed by atoms with Gasteiger partial charge < -0.3 is 10.4 Å². The summed E-state index contributed by atoms with van der Waals surface area (Å²) in [5, 5.41) is 13.0. The Kier molecular flexibility index (Phi) is 4.39. The van der Waals surface area contributed by atoms with Crippen LogP contribution in [0.25, 0.3) is 10.1 Å². The molecule has 0 fully saturated rings. The van der Waals surface area contributed by atoms with Gasteiger partial charge in [-0.05, 0) is 24.6 Å². The largest absolute Gasteiger partial charge is 0.391 e. The summed E-state index contributed by atoms with van der Waals surface area (Å²) in [7, 11) is 0. The second kappa shape index (κ2) is 5.86. The van der Waals surface area contributed by atoms with Gasteiger partial charge in [-0.3, -0.25) is 4.79 Å². The van der Waals surface area contributed by atoms with E-state index < -0.39 is 6.10 Å². The lowest BCUT2D eigenvalue weighted by Crippen LogP contribution is -2.31. The Morgan fingerprint density at radius 1 is 1.58 bits per heavy atom. The van der Waals surface area contributed by atoms with E-state index in [1.54, 1.807) is 6.07 Å². The molecule has 0 spiro atoms. The van der Waals surface area contributed by atoms with Gasteiger partial charge in [-0.15, -0.1) is 11.3 Å². The number of carbonyl (C=O) groups excluding carboxylic acids is 1. The third-order valence-electron chi connectivity index (χ3n) is 2.77. The first-order valence-electron chi connectivity index (χ1n) is 5.86. The van der Waals surface area contributed by atoms with Crippen LogP contribution in [0.1, 0.15) is 23.0 Å². The van der Waals surface area contributed by atoms with Crippen LogP contribution in [-0.4, -0.2) is 23.7 Å². The molecule has 0 aliphatic heterocycles. The molecule has 2 N–H and O–H groups in total. The number of aliphatic hydroxyl groups excluding tert-OH is 1. The second-order valence-electron chi connectivity index (χ2n) is 4.16. The molecule has 102 valence electrons. The molecule has 1 unspecified atom stereocenters. The van der Waals surface area contributed by atoms with Crippen LogP contribution < -0.4 is 5.32 Å². The fourth-order valence-electron chi connectivity index (χ4n) is 1.62. The number of carbonyl (C=O) groups is 1. The number of fused-ring (bicyclic) bond motifs is 1. The molecule has 1 aromatic carbocycles. The molecule has 1 aromatic heterocycles. The van der Waals surface area contributed by atoms with Crippen LogP contribution in [-0.2, 0) is 0 Å². The number of halogens is 2. The van der Waals surface area contributed by atoms with E-state index >= 15 is 0 Å². The maximum Gasteiger partial charge on any atom is 0.263 e. The van der Waals surface area contributed by atoms with Crippen molar-refractivity contribution in [3.63, 3.8) is 0 Å². The number of nitrogens with one attached hydrogen (secondary N) is 1. The van der Waals surface area contributed by atoms with Gasteiger partial charge in [-0.2, -0.15) is 0 Å². The van der Waals surface area contributed by atoms with Crippen molar-refractivity contribution in [2.45, 2.75) is 19.4 Å². The van der Waals surface area contributed by atoms with Crippen LogP contribution in [0.15, 0.2) is 18.2 Å². The van der Waals surface area contributed by atoms with Gasteiger partial charge in [0.1, 0.15) is 10.7 Å². The zero-order valence-corrected chi connectivity index (χ0v) is 11.8. The van der Waals surface area contributed by atoms with Crippen molar-refractivity contribution in [1.82, 2.24) is 5.32 Å². The molecule has 6 heteroatoms. The van der Waals surface area contributed by atoms with Gasteiger partial charge in [-0.25, -0.2) is 4.39 Å². The second-order valence-corrected chi connectivity index (χ2v) is 5.59. The predicted octanol–water partition coefficient (Wildman–Crippen LogP) is 3.19. The Labute approximate surface area is 119 Å². The number of hydrogen-bond donors (Lipinski definition) is 2. The third-order valence-corrected chi connectivity index (χ3v) is 4.42. The first-order chi connectivity index (χ1) is 9.02. The van der Waals surface area contributed by atoms with Crippen molar-refractivity contribution in [2.24, 2.45) is 0 Å². The summed E-state index contributed by atoms with van der Waals surface area (Å²) in [6, 6.07) is 4.22. The number of thiophene rings is 1. The number of benzene rings is 1. The van der Waals surface area contributed by atoms with E-state index in [9.17, 15) is 14.3 Å². The molecular weight excluding hydrogens is 289 g/mol. The molecule has 0 aliphatic rings. The fraction of sp³-hybridized carbons (Fsp3) is 0.308. The molecule has 0 radical (unpaired) electrons. The highest BCUT2D eigenvalue weighted by Gasteiger charge is 2.17. The van der Waals surface area contributed by atoms with E-state index in [0.717, 1.165) is 11.3 Å². The van der Waals surface area contributed by atoms with Crippen LogP contribution >= 0.6 is 22.9 Å². The summed E-state index contributed by atoms with van der Waals surface area (Å²) >= 11 is 7.26. The van der Waals surface area contributed by atoms with Crippen molar-refractivity contribution < 1.29 is 14.3 Å². The third kappa shape index (κ3) is 3.05. The average molecular weight is 302 g/mol. The zero-order chi connectivity index (χ0) is 14.0. The van der Waals surface area contributed by atoms with Gasteiger partial charge >= 0.3 is 0 Å². The van der Waals surface area contributed by atoms with Crippen molar-refractivity contribution in [3.8, 4) is 0 Å². The predicted molar refractivity (Wildman–Crippen MR) is 75.4 cm³/mol. The van der Waals surface area contributed by atoms with E-state index in [1.807, 2.05) is 6.92 Å². The van der Waals surface area contributed by atoms with Crippen LogP contribution in [0.2, 0.25) is 5.02 Å². The Balaban J connectivity index is 2.25. The summed E-state index contributed by atoms with van der Waals surface area (Å²) in [4.78, 5) is 12.3. The Morgan fingerprint density at radius 2 is 2.32 bits per heavy atom. The van der Waals surface area contributed by atoms with Gasteiger partial charge in [0.05, 0.1) is 11.1 Å². The molecule has 19 heavy (non-hydrogen) atoms. The van der Waals surface area contributed by atoms with E-state index in [2.05, 4.69) is 5.32 Å². The smallest absolute Gasteiger partial charge is 0.263 e. The van der Waals surface area contributed by atoms with Crippen LogP contribution in [0.5, 0.6) is 0 Å². The van der Waals surface area contributed by atoms with Gasteiger partial charge in [0, 0.05) is 16.6 Å². The Hall–Kier alpha value is -1.17. The van der Waals surface area contributed by atoms with Crippen molar-refractivity contribution in [2.75, 3.05) is 6.54 Å². The van der Waals surface area contributed by atoms with Crippen LogP contribution in [0.4, 0.5) is 4.39 Å². The number of amides is 1. The molecule has 2 rings (SSSR count). The summed E-state index contributed by atoms with van der Waals surface area (Å²) in [5.41, 5.74) is 0. The fourth-order valence-corrected chi connectivity index (χ4v) is 3.08. The Bertz CT molecular complexity index is 614. The maximum atomic E-state index is 13.1. The van der Waals surface area contributed by atoms with Gasteiger partial charge in [0.25, 0.3) is 5.91 Å². The first kappa shape index (κ1) is 14.2. The minimum atomic E-state index is -0.574. The topological polar surface area (TPSA) is 49.3 Å². The molecule has 0 saturated carbocycles. The molecule has 1 heterocycles. The normalized spacial score (nSPS) is 12.6. The lowest BCUT2D eigenvalue weighted by molar-refractivity contribution is 0.0918. The lowest BCUT2D eigenvalue weighted by atomic mass is 10.2. The molecule has 0 bridgehead atoms. The van der Waals surface area contributed by atoms with Gasteiger partial charge in [0.2, 0.25) is 0 Å². The minimum Gasteiger partial charge on any atom is -0.391 e. The highest BCUT2D eigenvalue weighted by molar-refractivity contribution is 7.21. The molecule has 0 saturated heterocycles. The van der Waals surface area contributed by atoms with E-state index in [-0.39, 0.29) is 18.3 Å². The summed E-state index contributed by atoms with van der Waals surface area (Å²) in [5.74, 6) is -0.710. The van der Waals surface area contributed by atoms with Crippen LogP contribution in [0.3, 0.4) is 0 Å². The van der Waals surface area contributed by atoms with Gasteiger partial charge in [0.15, 0.2) is 0 Å². The quantitative estimate of drug-likeness (QED) is 0.911. The van der Waals surface area contributed by atoms with E-state index in [0.29, 0.717) is 26.4 Å². The standard InChI is InChI=1S/C13H13ClFNO2S/c1-2-8(17)6-16-13(18)12-11(14)9-4-3-7(15)5-10(9)19-12/h3-5,8,17H,2,6H2,1H3,(H,16,18). The first-order valence-corrected chi connectivity index (χ1v) is 7.06. The highest BCUT2D eigenvalue weighted by Crippen LogP contribution is 2.35. The van der Waals surface area contributed by atoms with E-state index in [1.165, 1.54) is 12.1 Å². The molecule has 2 aromatic rings. The highest BCUT2D eigenvalue weighted by atomic mass is 35.5. The number of hydrogen-bond acceptors (Lipinski definition) is 3. The summed E-state index contributed by atoms with van der Waals surface area (Å²) in [6.45, 7) is 2.00. The summed E-state index contributed by atoms with van der Waals surface area (Å²) in [6.07, 6.45) is -0.0133. The minimum absolute atomic E-state index is 0.175. The zero-order valence-electron chi connectivity index (χ0n) is 10.2. The van der Waals surface area contributed by atoms with E-state index in [4.69, 9.17) is 11.6 Å². The molecule has 0 aliphatic carbocycles. The SMILES string of the molecule is CCC(O)CNC(=O)c1sc2cc(F)ccc2c1Cl.